The van der Waals surface area contributed by atoms with Gasteiger partial charge in [0.1, 0.15) is 12.4 Å². The minimum absolute atomic E-state index is 0.0706. The molecule has 1 saturated heterocycles. The molecule has 0 spiro atoms. The summed E-state index contributed by atoms with van der Waals surface area (Å²) in [5, 5.41) is 2.32. The first-order valence-electron chi connectivity index (χ1n) is 7.02. The van der Waals surface area contributed by atoms with Gasteiger partial charge in [0.15, 0.2) is 5.78 Å². The Morgan fingerprint density at radius 1 is 1.33 bits per heavy atom. The number of ketones is 1. The molecule has 2 amide bonds. The number of anilines is 1. The second-order valence-electron chi connectivity index (χ2n) is 5.53. The third-order valence-electron chi connectivity index (χ3n) is 3.57. The fraction of sp³-hybridized carbons (Fsp3) is 0.400. The van der Waals surface area contributed by atoms with Crippen molar-refractivity contribution in [1.29, 1.82) is 0 Å². The molecule has 130 valence electrons. The van der Waals surface area contributed by atoms with Crippen molar-refractivity contribution >= 4 is 23.3 Å². The number of amides is 2. The van der Waals surface area contributed by atoms with Gasteiger partial charge in [-0.05, 0) is 25.1 Å². The number of hydrogen-bond donors (Lipinski definition) is 1. The summed E-state index contributed by atoms with van der Waals surface area (Å²) in [6, 6.07) is 3.19. The first kappa shape index (κ1) is 17.9. The lowest BCUT2D eigenvalue weighted by Crippen LogP contribution is -2.36. The minimum atomic E-state index is -4.55. The number of likely N-dealkylation sites (tertiary alicyclic amines) is 1. The lowest BCUT2D eigenvalue weighted by atomic mass is 10.1. The molecule has 0 aromatic heterocycles. The van der Waals surface area contributed by atoms with E-state index in [4.69, 9.17) is 0 Å². The van der Waals surface area contributed by atoms with Gasteiger partial charge in [0, 0.05) is 18.5 Å². The van der Waals surface area contributed by atoms with Crippen molar-refractivity contribution in [2.24, 2.45) is 5.92 Å². The Bertz CT molecular complexity index is 688. The van der Waals surface area contributed by atoms with Crippen molar-refractivity contribution in [2.75, 3.05) is 18.4 Å². The highest BCUT2D eigenvalue weighted by molar-refractivity contribution is 6.05. The van der Waals surface area contributed by atoms with Crippen molar-refractivity contribution in [2.45, 2.75) is 19.5 Å². The van der Waals surface area contributed by atoms with Crippen LogP contribution in [0.2, 0.25) is 0 Å². The van der Waals surface area contributed by atoms with Gasteiger partial charge in [0.05, 0.1) is 11.6 Å². The average molecular weight is 346 g/mol. The summed E-state index contributed by atoms with van der Waals surface area (Å²) < 4.78 is 50.4. The second kappa shape index (κ2) is 6.58. The van der Waals surface area contributed by atoms with Crippen LogP contribution >= 0.6 is 0 Å². The molecule has 5 nitrogen and oxygen atoms in total. The van der Waals surface area contributed by atoms with Crippen LogP contribution in [-0.2, 0) is 9.59 Å². The molecular formula is C15H14F4N2O3. The predicted octanol–water partition coefficient (Wildman–Crippen LogP) is 2.38. The molecule has 0 bridgehead atoms. The zero-order valence-corrected chi connectivity index (χ0v) is 12.6. The van der Waals surface area contributed by atoms with Crippen LogP contribution in [0.1, 0.15) is 23.7 Å². The van der Waals surface area contributed by atoms with Crippen LogP contribution in [0.25, 0.3) is 0 Å². The van der Waals surface area contributed by atoms with Crippen LogP contribution in [-0.4, -0.2) is 41.8 Å². The molecule has 1 aromatic carbocycles. The number of halogens is 4. The number of alkyl halides is 3. The van der Waals surface area contributed by atoms with E-state index in [1.54, 1.807) is 0 Å². The van der Waals surface area contributed by atoms with Crippen molar-refractivity contribution in [3.63, 3.8) is 0 Å². The van der Waals surface area contributed by atoms with Crippen molar-refractivity contribution < 1.29 is 31.9 Å². The number of carbonyl (C=O) groups is 3. The Morgan fingerprint density at radius 3 is 2.58 bits per heavy atom. The molecule has 0 radical (unpaired) electrons. The number of benzene rings is 1. The molecular weight excluding hydrogens is 332 g/mol. The van der Waals surface area contributed by atoms with Crippen LogP contribution in [0.3, 0.4) is 0 Å². The Morgan fingerprint density at radius 2 is 2.00 bits per heavy atom. The number of carbonyl (C=O) groups excluding carboxylic acids is 3. The first-order valence-corrected chi connectivity index (χ1v) is 7.02. The number of rotatable bonds is 4. The molecule has 2 rings (SSSR count). The maximum Gasteiger partial charge on any atom is 0.406 e. The summed E-state index contributed by atoms with van der Waals surface area (Å²) in [6.07, 6.45) is -4.92. The van der Waals surface area contributed by atoms with E-state index in [1.165, 1.54) is 13.0 Å². The first-order chi connectivity index (χ1) is 11.1. The lowest BCUT2D eigenvalue weighted by molar-refractivity contribution is -0.157. The van der Waals surface area contributed by atoms with Gasteiger partial charge < -0.3 is 10.2 Å². The average Bonchev–Trinajstić information content (AvgIpc) is 2.78. The monoisotopic (exact) mass is 346 g/mol. The molecule has 0 saturated carbocycles. The molecule has 9 heteroatoms. The minimum Gasteiger partial charge on any atom is -0.333 e. The maximum atomic E-state index is 13.3. The van der Waals surface area contributed by atoms with E-state index in [0.717, 1.165) is 12.1 Å². The van der Waals surface area contributed by atoms with Crippen LogP contribution in [0.15, 0.2) is 18.2 Å². The summed E-state index contributed by atoms with van der Waals surface area (Å²) in [5.74, 6) is -3.61. The predicted molar refractivity (Wildman–Crippen MR) is 75.8 cm³/mol. The van der Waals surface area contributed by atoms with Crippen LogP contribution in [0.5, 0.6) is 0 Å². The van der Waals surface area contributed by atoms with Gasteiger partial charge in [0.2, 0.25) is 11.8 Å². The van der Waals surface area contributed by atoms with Crippen molar-refractivity contribution in [3.8, 4) is 0 Å². The Labute approximate surface area is 134 Å². The highest BCUT2D eigenvalue weighted by Gasteiger charge is 2.40. The van der Waals surface area contributed by atoms with E-state index in [9.17, 15) is 31.9 Å². The smallest absolute Gasteiger partial charge is 0.333 e. The second-order valence-corrected chi connectivity index (χ2v) is 5.53. The van der Waals surface area contributed by atoms with Crippen LogP contribution in [0.4, 0.5) is 23.2 Å². The molecule has 0 aliphatic carbocycles. The molecule has 24 heavy (non-hydrogen) atoms. The van der Waals surface area contributed by atoms with E-state index in [2.05, 4.69) is 5.32 Å². The highest BCUT2D eigenvalue weighted by atomic mass is 19.4. The molecule has 1 N–H and O–H groups in total. The normalized spacial score (nSPS) is 18.0. The van der Waals surface area contributed by atoms with E-state index in [1.807, 2.05) is 0 Å². The van der Waals surface area contributed by atoms with Crippen molar-refractivity contribution in [3.05, 3.63) is 29.6 Å². The van der Waals surface area contributed by atoms with E-state index in [0.29, 0.717) is 4.90 Å². The SMILES string of the molecule is CC(=O)c1ccc(F)cc1NC(=O)[C@@H]1CC(=O)N(CC(F)(F)F)C1. The van der Waals surface area contributed by atoms with Gasteiger partial charge in [-0.2, -0.15) is 13.2 Å². The Hall–Kier alpha value is -2.45. The molecule has 1 heterocycles. The third-order valence-corrected chi connectivity index (χ3v) is 3.57. The quantitative estimate of drug-likeness (QED) is 0.672. The zero-order valence-electron chi connectivity index (χ0n) is 12.6. The zero-order chi connectivity index (χ0) is 18.1. The van der Waals surface area contributed by atoms with Gasteiger partial charge in [-0.3, -0.25) is 14.4 Å². The number of nitrogens with zero attached hydrogens (tertiary/aromatic N) is 1. The third kappa shape index (κ3) is 4.30. The molecule has 0 unspecified atom stereocenters. The standard InChI is InChI=1S/C15H14F4N2O3/c1-8(22)11-3-2-10(16)5-12(11)20-14(24)9-4-13(23)21(6-9)7-15(17,18)19/h2-3,5,9H,4,6-7H2,1H3,(H,20,24)/t9-/m1/s1. The van der Waals surface area contributed by atoms with Gasteiger partial charge in [0.25, 0.3) is 0 Å². The highest BCUT2D eigenvalue weighted by Crippen LogP contribution is 2.26. The summed E-state index contributed by atoms with van der Waals surface area (Å²) in [4.78, 5) is 35.8. The molecule has 1 aliphatic rings. The molecule has 1 aromatic rings. The Kier molecular flexibility index (Phi) is 4.91. The summed E-state index contributed by atoms with van der Waals surface area (Å²) in [5.41, 5.74) is -0.00422. The summed E-state index contributed by atoms with van der Waals surface area (Å²) >= 11 is 0. The largest absolute Gasteiger partial charge is 0.406 e. The van der Waals surface area contributed by atoms with Crippen LogP contribution in [0, 0.1) is 11.7 Å². The van der Waals surface area contributed by atoms with Gasteiger partial charge in [-0.1, -0.05) is 0 Å². The molecule has 1 atom stereocenters. The molecule has 1 aliphatic heterocycles. The Balaban J connectivity index is 2.10. The fourth-order valence-corrected chi connectivity index (χ4v) is 2.48. The number of nitrogens with one attached hydrogen (secondary N) is 1. The lowest BCUT2D eigenvalue weighted by Gasteiger charge is -2.18. The topological polar surface area (TPSA) is 66.5 Å². The van der Waals surface area contributed by atoms with Crippen molar-refractivity contribution in [1.82, 2.24) is 4.90 Å². The van der Waals surface area contributed by atoms with E-state index < -0.39 is 42.1 Å². The summed E-state index contributed by atoms with van der Waals surface area (Å²) in [6.45, 7) is -0.573. The fourth-order valence-electron chi connectivity index (χ4n) is 2.48. The van der Waals surface area contributed by atoms with Gasteiger partial charge >= 0.3 is 6.18 Å². The summed E-state index contributed by atoms with van der Waals surface area (Å²) in [7, 11) is 0. The maximum absolute atomic E-state index is 13.3. The van der Waals surface area contributed by atoms with Gasteiger partial charge in [-0.25, -0.2) is 4.39 Å². The van der Waals surface area contributed by atoms with E-state index >= 15 is 0 Å². The van der Waals surface area contributed by atoms with Crippen LogP contribution < -0.4 is 5.32 Å². The van der Waals surface area contributed by atoms with E-state index in [-0.39, 0.29) is 24.2 Å². The number of Topliss-reactive ketones (excluding diaryl/α,β-unsaturated/α-hetero) is 1. The van der Waals surface area contributed by atoms with Gasteiger partial charge in [-0.15, -0.1) is 0 Å². The number of hydrogen-bond acceptors (Lipinski definition) is 3. The molecule has 1 fully saturated rings.